The molecule has 1 aliphatic rings. The van der Waals surface area contributed by atoms with Crippen LogP contribution in [0.1, 0.15) is 52.4 Å². The van der Waals surface area contributed by atoms with E-state index in [1.807, 2.05) is 0 Å². The van der Waals surface area contributed by atoms with E-state index in [-0.39, 0.29) is 5.54 Å². The summed E-state index contributed by atoms with van der Waals surface area (Å²) in [4.78, 5) is 5.01. The van der Waals surface area contributed by atoms with Crippen LogP contribution in [-0.4, -0.2) is 55.1 Å². The molecule has 1 rings (SSSR count). The molecular weight excluding hydrogens is 222 g/mol. The summed E-state index contributed by atoms with van der Waals surface area (Å²) in [5, 5.41) is 0. The number of piperidine rings is 1. The van der Waals surface area contributed by atoms with Gasteiger partial charge in [-0.25, -0.2) is 0 Å². The number of hydrogen-bond acceptors (Lipinski definition) is 3. The van der Waals surface area contributed by atoms with Crippen molar-refractivity contribution >= 4 is 0 Å². The number of nitrogens with zero attached hydrogens (tertiary/aromatic N) is 2. The molecule has 18 heavy (non-hydrogen) atoms. The SMILES string of the molecule is CCCCCC(C)(CN)N(C)C1CCN(C)CC1. The van der Waals surface area contributed by atoms with Gasteiger partial charge in [0.25, 0.3) is 0 Å². The Morgan fingerprint density at radius 1 is 1.28 bits per heavy atom. The molecule has 0 amide bonds. The minimum absolute atomic E-state index is 0.190. The number of rotatable bonds is 7. The van der Waals surface area contributed by atoms with Crippen molar-refractivity contribution in [3.05, 3.63) is 0 Å². The third-order valence-electron chi connectivity index (χ3n) is 4.85. The summed E-state index contributed by atoms with van der Waals surface area (Å²) in [5.41, 5.74) is 6.26. The lowest BCUT2D eigenvalue weighted by Gasteiger charge is -2.45. The first-order valence-electron chi connectivity index (χ1n) is 7.65. The summed E-state index contributed by atoms with van der Waals surface area (Å²) in [6.45, 7) is 7.84. The molecule has 1 atom stereocenters. The summed E-state index contributed by atoms with van der Waals surface area (Å²) in [6, 6.07) is 0.719. The summed E-state index contributed by atoms with van der Waals surface area (Å²) >= 11 is 0. The molecule has 108 valence electrons. The highest BCUT2D eigenvalue weighted by atomic mass is 15.2. The van der Waals surface area contributed by atoms with E-state index in [4.69, 9.17) is 5.73 Å². The van der Waals surface area contributed by atoms with E-state index >= 15 is 0 Å². The van der Waals surface area contributed by atoms with E-state index in [0.717, 1.165) is 12.6 Å². The Kier molecular flexibility index (Phi) is 6.61. The lowest BCUT2D eigenvalue weighted by atomic mass is 9.89. The smallest absolute Gasteiger partial charge is 0.0303 e. The van der Waals surface area contributed by atoms with Crippen LogP contribution in [-0.2, 0) is 0 Å². The normalized spacial score (nSPS) is 22.3. The van der Waals surface area contributed by atoms with Crippen molar-refractivity contribution < 1.29 is 0 Å². The molecule has 1 fully saturated rings. The number of nitrogens with two attached hydrogens (primary N) is 1. The van der Waals surface area contributed by atoms with Crippen molar-refractivity contribution in [3.63, 3.8) is 0 Å². The topological polar surface area (TPSA) is 32.5 Å². The number of hydrogen-bond donors (Lipinski definition) is 1. The van der Waals surface area contributed by atoms with Crippen molar-refractivity contribution in [2.75, 3.05) is 33.7 Å². The maximum absolute atomic E-state index is 6.07. The van der Waals surface area contributed by atoms with Gasteiger partial charge in [-0.3, -0.25) is 4.90 Å². The van der Waals surface area contributed by atoms with Gasteiger partial charge in [-0.15, -0.1) is 0 Å². The van der Waals surface area contributed by atoms with E-state index in [2.05, 4.69) is 37.7 Å². The molecule has 0 saturated carbocycles. The molecule has 0 aromatic heterocycles. The van der Waals surface area contributed by atoms with Crippen molar-refractivity contribution in [3.8, 4) is 0 Å². The Morgan fingerprint density at radius 3 is 2.39 bits per heavy atom. The highest BCUT2D eigenvalue weighted by Gasteiger charge is 2.33. The highest BCUT2D eigenvalue weighted by Crippen LogP contribution is 2.26. The number of likely N-dealkylation sites (tertiary alicyclic amines) is 1. The second-order valence-electron chi connectivity index (χ2n) is 6.30. The first-order chi connectivity index (χ1) is 8.53. The van der Waals surface area contributed by atoms with E-state index in [0.29, 0.717) is 0 Å². The average molecular weight is 255 g/mol. The summed E-state index contributed by atoms with van der Waals surface area (Å²) < 4.78 is 0. The van der Waals surface area contributed by atoms with Crippen LogP contribution in [0.15, 0.2) is 0 Å². The Hall–Kier alpha value is -0.120. The minimum Gasteiger partial charge on any atom is -0.329 e. The Balaban J connectivity index is 2.51. The lowest BCUT2D eigenvalue weighted by molar-refractivity contribution is 0.0473. The Bertz CT molecular complexity index is 224. The molecule has 0 bridgehead atoms. The predicted molar refractivity (Wildman–Crippen MR) is 79.9 cm³/mol. The van der Waals surface area contributed by atoms with Gasteiger partial charge in [0.15, 0.2) is 0 Å². The van der Waals surface area contributed by atoms with Crippen molar-refractivity contribution in [1.29, 1.82) is 0 Å². The quantitative estimate of drug-likeness (QED) is 0.709. The van der Waals surface area contributed by atoms with Crippen LogP contribution in [0.2, 0.25) is 0 Å². The zero-order valence-corrected chi connectivity index (χ0v) is 12.9. The van der Waals surface area contributed by atoms with Gasteiger partial charge in [-0.05, 0) is 53.4 Å². The van der Waals surface area contributed by atoms with Gasteiger partial charge in [0, 0.05) is 18.1 Å². The van der Waals surface area contributed by atoms with Crippen molar-refractivity contribution in [1.82, 2.24) is 9.80 Å². The fourth-order valence-electron chi connectivity index (χ4n) is 3.00. The summed E-state index contributed by atoms with van der Waals surface area (Å²) in [5.74, 6) is 0. The van der Waals surface area contributed by atoms with Crippen LogP contribution >= 0.6 is 0 Å². The zero-order chi connectivity index (χ0) is 13.6. The Labute approximate surface area is 114 Å². The minimum atomic E-state index is 0.190. The second-order valence-corrected chi connectivity index (χ2v) is 6.30. The van der Waals surface area contributed by atoms with Crippen LogP contribution in [0, 0.1) is 0 Å². The summed E-state index contributed by atoms with van der Waals surface area (Å²) in [6.07, 6.45) is 7.74. The monoisotopic (exact) mass is 255 g/mol. The van der Waals surface area contributed by atoms with Crippen LogP contribution < -0.4 is 5.73 Å². The predicted octanol–water partition coefficient (Wildman–Crippen LogP) is 2.31. The van der Waals surface area contributed by atoms with E-state index in [1.54, 1.807) is 0 Å². The van der Waals surface area contributed by atoms with Gasteiger partial charge in [-0.2, -0.15) is 0 Å². The third kappa shape index (κ3) is 4.22. The maximum Gasteiger partial charge on any atom is 0.0303 e. The van der Waals surface area contributed by atoms with Gasteiger partial charge in [0.2, 0.25) is 0 Å². The van der Waals surface area contributed by atoms with Crippen molar-refractivity contribution in [2.45, 2.75) is 64.0 Å². The number of unbranched alkanes of at least 4 members (excludes halogenated alkanes) is 2. The van der Waals surface area contributed by atoms with Gasteiger partial charge in [0.1, 0.15) is 0 Å². The standard InChI is InChI=1S/C15H33N3/c1-5-6-7-10-15(2,13-16)18(4)14-8-11-17(3)12-9-14/h14H,5-13,16H2,1-4H3. The zero-order valence-electron chi connectivity index (χ0n) is 12.9. The Morgan fingerprint density at radius 2 is 1.89 bits per heavy atom. The van der Waals surface area contributed by atoms with Crippen LogP contribution in [0.3, 0.4) is 0 Å². The van der Waals surface area contributed by atoms with E-state index in [1.165, 1.54) is 51.6 Å². The largest absolute Gasteiger partial charge is 0.329 e. The molecule has 0 aromatic rings. The molecule has 0 aliphatic carbocycles. The molecule has 1 aliphatic heterocycles. The fraction of sp³-hybridized carbons (Fsp3) is 1.00. The van der Waals surface area contributed by atoms with E-state index < -0.39 is 0 Å². The second kappa shape index (κ2) is 7.46. The maximum atomic E-state index is 6.07. The molecular formula is C15H33N3. The molecule has 3 nitrogen and oxygen atoms in total. The van der Waals surface area contributed by atoms with Crippen LogP contribution in [0.4, 0.5) is 0 Å². The molecule has 3 heteroatoms. The van der Waals surface area contributed by atoms with Crippen molar-refractivity contribution in [2.24, 2.45) is 5.73 Å². The molecule has 0 spiro atoms. The molecule has 0 aromatic carbocycles. The molecule has 1 saturated heterocycles. The molecule has 1 heterocycles. The highest BCUT2D eigenvalue weighted by molar-refractivity contribution is 4.91. The fourth-order valence-corrected chi connectivity index (χ4v) is 3.00. The van der Waals surface area contributed by atoms with Gasteiger partial charge >= 0.3 is 0 Å². The van der Waals surface area contributed by atoms with Gasteiger partial charge in [-0.1, -0.05) is 26.2 Å². The number of likely N-dealkylation sites (N-methyl/N-ethyl adjacent to an activating group) is 1. The van der Waals surface area contributed by atoms with Gasteiger partial charge < -0.3 is 10.6 Å². The average Bonchev–Trinajstić information content (AvgIpc) is 2.39. The summed E-state index contributed by atoms with van der Waals surface area (Å²) in [7, 11) is 4.51. The molecule has 2 N–H and O–H groups in total. The van der Waals surface area contributed by atoms with Gasteiger partial charge in [0.05, 0.1) is 0 Å². The first kappa shape index (κ1) is 15.9. The third-order valence-corrected chi connectivity index (χ3v) is 4.85. The first-order valence-corrected chi connectivity index (χ1v) is 7.65. The molecule has 1 unspecified atom stereocenters. The lowest BCUT2D eigenvalue weighted by Crippen LogP contribution is -2.56. The van der Waals surface area contributed by atoms with E-state index in [9.17, 15) is 0 Å². The van der Waals surface area contributed by atoms with Crippen LogP contribution in [0.5, 0.6) is 0 Å². The molecule has 0 radical (unpaired) electrons. The van der Waals surface area contributed by atoms with Crippen LogP contribution in [0.25, 0.3) is 0 Å².